The van der Waals surface area contributed by atoms with Crippen LogP contribution in [0.4, 0.5) is 0 Å². The minimum Gasteiger partial charge on any atom is -0.363 e. The number of hydrogen-bond donors (Lipinski definition) is 2. The van der Waals surface area contributed by atoms with E-state index in [-0.39, 0.29) is 9.83 Å². The van der Waals surface area contributed by atoms with Crippen LogP contribution in [0.1, 0.15) is 6.42 Å². The second-order valence-electron chi connectivity index (χ2n) is 2.92. The van der Waals surface area contributed by atoms with E-state index in [9.17, 15) is 4.79 Å². The first-order valence-corrected chi connectivity index (χ1v) is 5.30. The summed E-state index contributed by atoms with van der Waals surface area (Å²) in [6.45, 7) is 0. The van der Waals surface area contributed by atoms with Crippen molar-refractivity contribution in [3.63, 3.8) is 0 Å². The van der Waals surface area contributed by atoms with Crippen LogP contribution in [0.25, 0.3) is 0 Å². The summed E-state index contributed by atoms with van der Waals surface area (Å²) in [4.78, 5) is 11.3. The lowest BCUT2D eigenvalue weighted by molar-refractivity contribution is -0.119. The number of halogens is 1. The minimum atomic E-state index is 0.0312. The molecule has 2 N–H and O–H groups in total. The van der Waals surface area contributed by atoms with Gasteiger partial charge >= 0.3 is 0 Å². The van der Waals surface area contributed by atoms with E-state index in [1.54, 1.807) is 0 Å². The molecule has 0 saturated carbocycles. The SMILES string of the molecule is O=C1NC2=C(CC1I)NC=CC=C2. The summed E-state index contributed by atoms with van der Waals surface area (Å²) in [5, 5.41) is 6.00. The summed E-state index contributed by atoms with van der Waals surface area (Å²) < 4.78 is 0.0312. The Morgan fingerprint density at radius 2 is 2.31 bits per heavy atom. The van der Waals surface area contributed by atoms with E-state index in [2.05, 4.69) is 33.2 Å². The van der Waals surface area contributed by atoms with Gasteiger partial charge in [0, 0.05) is 18.3 Å². The van der Waals surface area contributed by atoms with Gasteiger partial charge in [0.25, 0.3) is 0 Å². The fourth-order valence-corrected chi connectivity index (χ4v) is 1.90. The van der Waals surface area contributed by atoms with Gasteiger partial charge < -0.3 is 10.6 Å². The molecular formula is C9H9IN2O. The molecule has 4 heteroatoms. The summed E-state index contributed by atoms with van der Waals surface area (Å²) in [5.74, 6) is 0.0905. The molecule has 2 heterocycles. The number of hydrogen-bond acceptors (Lipinski definition) is 2. The predicted octanol–water partition coefficient (Wildman–Crippen LogP) is 1.19. The molecule has 1 atom stereocenters. The number of alkyl halides is 1. The molecule has 1 amide bonds. The number of amides is 1. The number of carbonyl (C=O) groups is 1. The fourth-order valence-electron chi connectivity index (χ4n) is 1.30. The van der Waals surface area contributed by atoms with Crippen molar-refractivity contribution in [3.05, 3.63) is 35.8 Å². The summed E-state index contributed by atoms with van der Waals surface area (Å²) in [6.07, 6.45) is 8.37. The van der Waals surface area contributed by atoms with Crippen molar-refractivity contribution in [2.75, 3.05) is 0 Å². The van der Waals surface area contributed by atoms with Crippen molar-refractivity contribution in [1.29, 1.82) is 0 Å². The maximum absolute atomic E-state index is 11.3. The molecule has 0 aliphatic carbocycles. The highest BCUT2D eigenvalue weighted by Crippen LogP contribution is 2.21. The third-order valence-electron chi connectivity index (χ3n) is 1.98. The largest absolute Gasteiger partial charge is 0.363 e. The Labute approximate surface area is 90.1 Å². The average molecular weight is 288 g/mol. The molecule has 0 radical (unpaired) electrons. The zero-order chi connectivity index (χ0) is 9.26. The molecule has 2 aliphatic rings. The molecule has 0 aromatic heterocycles. The Hall–Kier alpha value is -0.780. The number of rotatable bonds is 0. The topological polar surface area (TPSA) is 41.1 Å². The van der Waals surface area contributed by atoms with Crippen molar-refractivity contribution in [3.8, 4) is 0 Å². The smallest absolute Gasteiger partial charge is 0.237 e. The van der Waals surface area contributed by atoms with E-state index >= 15 is 0 Å². The van der Waals surface area contributed by atoms with Gasteiger partial charge in [0.05, 0.1) is 9.62 Å². The molecule has 2 rings (SSSR count). The van der Waals surface area contributed by atoms with Crippen LogP contribution >= 0.6 is 22.6 Å². The molecule has 1 unspecified atom stereocenters. The van der Waals surface area contributed by atoms with Gasteiger partial charge in [-0.05, 0) is 12.2 Å². The van der Waals surface area contributed by atoms with Crippen molar-refractivity contribution in [2.45, 2.75) is 10.3 Å². The summed E-state index contributed by atoms with van der Waals surface area (Å²) >= 11 is 2.15. The number of allylic oxidation sites excluding steroid dienone is 4. The maximum atomic E-state index is 11.3. The standard InChI is InChI=1S/C9H9IN2O/c10-6-5-8-7(12-9(6)13)3-1-2-4-11-8/h1-4,6,11H,5H2,(H,12,13). The quantitative estimate of drug-likeness (QED) is 0.519. The summed E-state index contributed by atoms with van der Waals surface area (Å²) in [7, 11) is 0. The molecule has 0 saturated heterocycles. The lowest BCUT2D eigenvalue weighted by Gasteiger charge is -2.21. The number of carbonyl (C=O) groups excluding carboxylic acids is 1. The molecule has 2 aliphatic heterocycles. The van der Waals surface area contributed by atoms with Crippen LogP contribution in [0.15, 0.2) is 35.8 Å². The predicted molar refractivity (Wildman–Crippen MR) is 59.0 cm³/mol. The Morgan fingerprint density at radius 3 is 3.15 bits per heavy atom. The normalized spacial score (nSPS) is 26.2. The van der Waals surface area contributed by atoms with Gasteiger partial charge in [0.15, 0.2) is 0 Å². The molecule has 0 fully saturated rings. The van der Waals surface area contributed by atoms with E-state index in [0.29, 0.717) is 0 Å². The maximum Gasteiger partial charge on any atom is 0.237 e. The fraction of sp³-hybridized carbons (Fsp3) is 0.222. The molecule has 68 valence electrons. The molecular weight excluding hydrogens is 279 g/mol. The molecule has 3 nitrogen and oxygen atoms in total. The van der Waals surface area contributed by atoms with Crippen LogP contribution in [0.2, 0.25) is 0 Å². The Balaban J connectivity index is 2.30. The zero-order valence-electron chi connectivity index (χ0n) is 6.88. The second kappa shape index (κ2) is 3.53. The van der Waals surface area contributed by atoms with Crippen LogP contribution < -0.4 is 10.6 Å². The van der Waals surface area contributed by atoms with Crippen LogP contribution in [0, 0.1) is 0 Å². The van der Waals surface area contributed by atoms with Crippen molar-refractivity contribution >= 4 is 28.5 Å². The third kappa shape index (κ3) is 1.77. The first kappa shape index (κ1) is 8.80. The highest BCUT2D eigenvalue weighted by Gasteiger charge is 2.24. The van der Waals surface area contributed by atoms with E-state index in [0.717, 1.165) is 17.8 Å². The molecule has 0 spiro atoms. The van der Waals surface area contributed by atoms with E-state index in [4.69, 9.17) is 0 Å². The van der Waals surface area contributed by atoms with Crippen molar-refractivity contribution in [2.24, 2.45) is 0 Å². The first-order chi connectivity index (χ1) is 6.27. The average Bonchev–Trinajstić information content (AvgIpc) is 2.31. The Bertz CT molecular complexity index is 331. The third-order valence-corrected chi connectivity index (χ3v) is 2.98. The molecule has 0 bridgehead atoms. The highest BCUT2D eigenvalue weighted by molar-refractivity contribution is 14.1. The van der Waals surface area contributed by atoms with Gasteiger partial charge in [-0.25, -0.2) is 0 Å². The molecule has 13 heavy (non-hydrogen) atoms. The summed E-state index contributed by atoms with van der Waals surface area (Å²) in [5.41, 5.74) is 1.98. The van der Waals surface area contributed by atoms with Gasteiger partial charge in [-0.2, -0.15) is 0 Å². The lowest BCUT2D eigenvalue weighted by atomic mass is 10.1. The van der Waals surface area contributed by atoms with Crippen LogP contribution in [0.5, 0.6) is 0 Å². The highest BCUT2D eigenvalue weighted by atomic mass is 127. The molecule has 0 aromatic rings. The number of nitrogens with one attached hydrogen (secondary N) is 2. The van der Waals surface area contributed by atoms with E-state index in [1.165, 1.54) is 0 Å². The van der Waals surface area contributed by atoms with Gasteiger partial charge in [0.2, 0.25) is 5.91 Å². The monoisotopic (exact) mass is 288 g/mol. The Morgan fingerprint density at radius 1 is 1.46 bits per heavy atom. The van der Waals surface area contributed by atoms with Crippen molar-refractivity contribution in [1.82, 2.24) is 10.6 Å². The lowest BCUT2D eigenvalue weighted by Crippen LogP contribution is -2.37. The van der Waals surface area contributed by atoms with Gasteiger partial charge in [0.1, 0.15) is 0 Å². The van der Waals surface area contributed by atoms with Crippen LogP contribution in [-0.4, -0.2) is 9.83 Å². The van der Waals surface area contributed by atoms with Crippen LogP contribution in [0.3, 0.4) is 0 Å². The Kier molecular flexibility index (Phi) is 2.39. The first-order valence-electron chi connectivity index (χ1n) is 4.05. The van der Waals surface area contributed by atoms with Crippen LogP contribution in [-0.2, 0) is 4.79 Å². The van der Waals surface area contributed by atoms with Crippen molar-refractivity contribution < 1.29 is 4.79 Å². The van der Waals surface area contributed by atoms with Gasteiger partial charge in [-0.15, -0.1) is 0 Å². The van der Waals surface area contributed by atoms with Gasteiger partial charge in [-0.3, -0.25) is 4.79 Å². The van der Waals surface area contributed by atoms with Gasteiger partial charge in [-0.1, -0.05) is 28.7 Å². The minimum absolute atomic E-state index is 0.0312. The zero-order valence-corrected chi connectivity index (χ0v) is 9.04. The second-order valence-corrected chi connectivity index (χ2v) is 4.42. The van der Waals surface area contributed by atoms with E-state index in [1.807, 2.05) is 24.4 Å². The van der Waals surface area contributed by atoms with E-state index < -0.39 is 0 Å². The molecule has 0 aromatic carbocycles. The summed E-state index contributed by atoms with van der Waals surface area (Å²) in [6, 6.07) is 0.